The molecule has 0 aromatic heterocycles. The van der Waals surface area contributed by atoms with Crippen molar-refractivity contribution in [3.63, 3.8) is 0 Å². The number of ketones is 1. The first-order valence-electron chi connectivity index (χ1n) is 4.64. The van der Waals surface area contributed by atoms with Gasteiger partial charge in [-0.3, -0.25) is 4.79 Å². The van der Waals surface area contributed by atoms with E-state index in [2.05, 4.69) is 0 Å². The molecule has 1 aromatic rings. The lowest BCUT2D eigenvalue weighted by Gasteiger charge is -2.06. The Hall–Kier alpha value is -2.10. The van der Waals surface area contributed by atoms with Gasteiger partial charge in [0.2, 0.25) is 0 Å². The van der Waals surface area contributed by atoms with Crippen LogP contribution in [0.15, 0.2) is 30.4 Å². The van der Waals surface area contributed by atoms with Crippen molar-refractivity contribution in [1.82, 2.24) is 0 Å². The smallest absolute Gasteiger partial charge is 0.328 e. The number of benzene rings is 1. The molecule has 0 atom stereocenters. The number of rotatable bonds is 4. The molecule has 0 bridgehead atoms. The van der Waals surface area contributed by atoms with Gasteiger partial charge < -0.3 is 9.84 Å². The van der Waals surface area contributed by atoms with Gasteiger partial charge in [0.05, 0.1) is 12.7 Å². The van der Waals surface area contributed by atoms with Gasteiger partial charge in [0.25, 0.3) is 0 Å². The largest absolute Gasteiger partial charge is 0.496 e. The molecule has 0 aliphatic heterocycles. The second-order valence-corrected chi connectivity index (χ2v) is 3.24. The molecule has 0 saturated carbocycles. The molecule has 84 valence electrons. The SMILES string of the molecule is COc1ccc(C)cc1C(=O)C=CC(=O)O. The zero-order valence-corrected chi connectivity index (χ0v) is 9.06. The summed E-state index contributed by atoms with van der Waals surface area (Å²) in [4.78, 5) is 21.9. The fourth-order valence-corrected chi connectivity index (χ4v) is 1.25. The van der Waals surface area contributed by atoms with Crippen molar-refractivity contribution in [2.75, 3.05) is 7.11 Å². The van der Waals surface area contributed by atoms with E-state index in [-0.39, 0.29) is 5.78 Å². The number of hydrogen-bond donors (Lipinski definition) is 1. The number of carboxylic acid groups (broad SMARTS) is 1. The average molecular weight is 220 g/mol. The Balaban J connectivity index is 3.06. The number of carbonyl (C=O) groups excluding carboxylic acids is 1. The van der Waals surface area contributed by atoms with Gasteiger partial charge >= 0.3 is 5.97 Å². The van der Waals surface area contributed by atoms with Crippen LogP contribution in [0.2, 0.25) is 0 Å². The molecule has 0 saturated heterocycles. The number of aliphatic carboxylic acids is 1. The normalized spacial score (nSPS) is 10.4. The molecule has 0 unspecified atom stereocenters. The van der Waals surface area contributed by atoms with Gasteiger partial charge in [-0.1, -0.05) is 11.6 Å². The highest BCUT2D eigenvalue weighted by Gasteiger charge is 2.09. The van der Waals surface area contributed by atoms with Crippen molar-refractivity contribution in [3.05, 3.63) is 41.5 Å². The summed E-state index contributed by atoms with van der Waals surface area (Å²) in [6.45, 7) is 1.84. The van der Waals surface area contributed by atoms with E-state index in [0.29, 0.717) is 11.3 Å². The van der Waals surface area contributed by atoms with E-state index in [9.17, 15) is 9.59 Å². The second-order valence-electron chi connectivity index (χ2n) is 3.24. The quantitative estimate of drug-likeness (QED) is 0.621. The molecule has 1 N–H and O–H groups in total. The number of hydrogen-bond acceptors (Lipinski definition) is 3. The lowest BCUT2D eigenvalue weighted by atomic mass is 10.1. The Morgan fingerprint density at radius 1 is 1.31 bits per heavy atom. The predicted molar refractivity (Wildman–Crippen MR) is 58.8 cm³/mol. The molecular formula is C12H12O4. The van der Waals surface area contributed by atoms with Crippen molar-refractivity contribution in [2.24, 2.45) is 0 Å². The predicted octanol–water partition coefficient (Wildman–Crippen LogP) is 1.83. The molecule has 4 heteroatoms. The van der Waals surface area contributed by atoms with Gasteiger partial charge in [0.15, 0.2) is 5.78 Å². The van der Waals surface area contributed by atoms with Crippen LogP contribution in [0, 0.1) is 6.92 Å². The van der Waals surface area contributed by atoms with Crippen molar-refractivity contribution in [3.8, 4) is 5.75 Å². The molecule has 0 radical (unpaired) electrons. The lowest BCUT2D eigenvalue weighted by Crippen LogP contribution is -2.00. The highest BCUT2D eigenvalue weighted by atomic mass is 16.5. The standard InChI is InChI=1S/C12H12O4/c1-8-3-5-11(16-2)9(7-8)10(13)4-6-12(14)15/h3-7H,1-2H3,(H,14,15). The zero-order chi connectivity index (χ0) is 12.1. The van der Waals surface area contributed by atoms with Crippen LogP contribution in [0.4, 0.5) is 0 Å². The van der Waals surface area contributed by atoms with Crippen LogP contribution >= 0.6 is 0 Å². The van der Waals surface area contributed by atoms with Crippen molar-refractivity contribution < 1.29 is 19.4 Å². The highest BCUT2D eigenvalue weighted by Crippen LogP contribution is 2.20. The molecular weight excluding hydrogens is 208 g/mol. The number of carboxylic acids is 1. The van der Waals surface area contributed by atoms with Crippen LogP contribution < -0.4 is 4.74 Å². The molecule has 0 spiro atoms. The summed E-state index contributed by atoms with van der Waals surface area (Å²) in [6.07, 6.45) is 1.82. The minimum Gasteiger partial charge on any atom is -0.496 e. The summed E-state index contributed by atoms with van der Waals surface area (Å²) in [5, 5.41) is 8.42. The first kappa shape index (κ1) is 12.0. The van der Waals surface area contributed by atoms with Crippen LogP contribution in [-0.2, 0) is 4.79 Å². The van der Waals surface area contributed by atoms with Crippen LogP contribution in [0.25, 0.3) is 0 Å². The first-order valence-corrected chi connectivity index (χ1v) is 4.64. The third-order valence-electron chi connectivity index (χ3n) is 2.00. The molecule has 1 aromatic carbocycles. The Bertz CT molecular complexity index is 446. The molecule has 16 heavy (non-hydrogen) atoms. The fourth-order valence-electron chi connectivity index (χ4n) is 1.25. The summed E-state index contributed by atoms with van der Waals surface area (Å²) in [7, 11) is 1.46. The van der Waals surface area contributed by atoms with E-state index >= 15 is 0 Å². The van der Waals surface area contributed by atoms with Gasteiger partial charge in [-0.2, -0.15) is 0 Å². The van der Waals surface area contributed by atoms with Crippen LogP contribution in [-0.4, -0.2) is 24.0 Å². The minimum absolute atomic E-state index is 0.361. The summed E-state index contributed by atoms with van der Waals surface area (Å²) in [5.74, 6) is -1.10. The molecule has 4 nitrogen and oxygen atoms in total. The number of aryl methyl sites for hydroxylation is 1. The number of methoxy groups -OCH3 is 1. The van der Waals surface area contributed by atoms with E-state index in [1.165, 1.54) is 7.11 Å². The van der Waals surface area contributed by atoms with Gasteiger partial charge in [0.1, 0.15) is 5.75 Å². The maximum atomic E-state index is 11.7. The fraction of sp³-hybridized carbons (Fsp3) is 0.167. The van der Waals surface area contributed by atoms with E-state index in [1.54, 1.807) is 12.1 Å². The Kier molecular flexibility index (Phi) is 3.83. The molecule has 0 aliphatic rings. The molecule has 0 aliphatic carbocycles. The van der Waals surface area contributed by atoms with Crippen LogP contribution in [0.5, 0.6) is 5.75 Å². The molecule has 0 fully saturated rings. The van der Waals surface area contributed by atoms with E-state index in [0.717, 1.165) is 17.7 Å². The van der Waals surface area contributed by atoms with E-state index in [1.807, 2.05) is 13.0 Å². The summed E-state index contributed by atoms with van der Waals surface area (Å²) < 4.78 is 5.03. The number of allylic oxidation sites excluding steroid dienone is 1. The summed E-state index contributed by atoms with van der Waals surface area (Å²) >= 11 is 0. The third-order valence-corrected chi connectivity index (χ3v) is 2.00. The summed E-state index contributed by atoms with van der Waals surface area (Å²) in [5.41, 5.74) is 1.27. The van der Waals surface area contributed by atoms with Gasteiger partial charge in [0, 0.05) is 6.08 Å². The van der Waals surface area contributed by atoms with Gasteiger partial charge in [-0.05, 0) is 25.1 Å². The minimum atomic E-state index is -1.15. The maximum absolute atomic E-state index is 11.7. The zero-order valence-electron chi connectivity index (χ0n) is 9.06. The second kappa shape index (κ2) is 5.11. The van der Waals surface area contributed by atoms with Crippen molar-refractivity contribution >= 4 is 11.8 Å². The maximum Gasteiger partial charge on any atom is 0.328 e. The highest BCUT2D eigenvalue weighted by molar-refractivity contribution is 6.08. The topological polar surface area (TPSA) is 63.6 Å². The third kappa shape index (κ3) is 2.95. The average Bonchev–Trinajstić information content (AvgIpc) is 2.25. The summed E-state index contributed by atoms with van der Waals surface area (Å²) in [6, 6.07) is 5.15. The molecule has 0 heterocycles. The monoisotopic (exact) mass is 220 g/mol. The molecule has 1 rings (SSSR count). The Morgan fingerprint density at radius 2 is 2.00 bits per heavy atom. The lowest BCUT2D eigenvalue weighted by molar-refractivity contribution is -0.131. The Morgan fingerprint density at radius 3 is 2.56 bits per heavy atom. The molecule has 0 amide bonds. The van der Waals surface area contributed by atoms with Crippen molar-refractivity contribution in [1.29, 1.82) is 0 Å². The van der Waals surface area contributed by atoms with E-state index < -0.39 is 5.97 Å². The first-order chi connectivity index (χ1) is 7.54. The van der Waals surface area contributed by atoms with Gasteiger partial charge in [-0.25, -0.2) is 4.79 Å². The van der Waals surface area contributed by atoms with Crippen LogP contribution in [0.3, 0.4) is 0 Å². The van der Waals surface area contributed by atoms with Crippen molar-refractivity contribution in [2.45, 2.75) is 6.92 Å². The number of carbonyl (C=O) groups is 2. The van der Waals surface area contributed by atoms with Gasteiger partial charge in [-0.15, -0.1) is 0 Å². The van der Waals surface area contributed by atoms with E-state index in [4.69, 9.17) is 9.84 Å². The Labute approximate surface area is 93.2 Å². The number of ether oxygens (including phenoxy) is 1. The van der Waals surface area contributed by atoms with Crippen LogP contribution in [0.1, 0.15) is 15.9 Å².